The van der Waals surface area contributed by atoms with Gasteiger partial charge in [0.05, 0.1) is 5.02 Å². The van der Waals surface area contributed by atoms with Crippen molar-refractivity contribution in [2.45, 2.75) is 32.0 Å². The number of aromatic hydroxyl groups is 1. The van der Waals surface area contributed by atoms with Gasteiger partial charge in [0.15, 0.2) is 6.61 Å². The van der Waals surface area contributed by atoms with E-state index in [1.54, 1.807) is 12.1 Å². The molecule has 1 aliphatic heterocycles. The molecule has 0 saturated carbocycles. The molecule has 8 nitrogen and oxygen atoms in total. The molecule has 218 valence electrons. The second-order valence-corrected chi connectivity index (χ2v) is 11.0. The highest BCUT2D eigenvalue weighted by atomic mass is 35.5. The average Bonchev–Trinajstić information content (AvgIpc) is 2.99. The number of benzene rings is 4. The number of fused-ring (bicyclic) bond motifs is 1. The molecule has 42 heavy (non-hydrogen) atoms. The zero-order chi connectivity index (χ0) is 29.5. The molecule has 0 aliphatic carbocycles. The quantitative estimate of drug-likeness (QED) is 0.223. The van der Waals surface area contributed by atoms with Crippen LogP contribution >= 0.6 is 11.6 Å². The fourth-order valence-electron chi connectivity index (χ4n) is 5.27. The van der Waals surface area contributed by atoms with Gasteiger partial charge >= 0.3 is 0 Å². The molecule has 1 heterocycles. The van der Waals surface area contributed by atoms with Crippen molar-refractivity contribution in [1.82, 2.24) is 20.7 Å². The Labute approximate surface area is 250 Å². The molecule has 5 rings (SSSR count). The van der Waals surface area contributed by atoms with E-state index in [1.807, 2.05) is 42.5 Å². The molecular weight excluding hydrogens is 552 g/mol. The van der Waals surface area contributed by atoms with Gasteiger partial charge < -0.3 is 15.2 Å². The highest BCUT2D eigenvalue weighted by molar-refractivity contribution is 6.32. The van der Waals surface area contributed by atoms with Crippen molar-refractivity contribution < 1.29 is 19.4 Å². The number of rotatable bonds is 10. The van der Waals surface area contributed by atoms with Crippen LogP contribution < -0.4 is 15.5 Å². The number of ether oxygens (including phenoxy) is 1. The Balaban J connectivity index is 1.13. The predicted octanol–water partition coefficient (Wildman–Crippen LogP) is 5.14. The standard InChI is InChI=1S/C33H35ClN4O4/c1-37(36-33(41)24-11-13-30(39)29(34)19-24)21-25-12-14-31(28-10-6-5-9-27(25)28)42-22-32(40)35-26-15-17-38(18-16-26)20-23-7-3-2-4-8-23/h2-14,19,26,39H,15-18,20-22H2,1H3,(H,35,40)(H,36,41). The maximum absolute atomic E-state index is 12.7. The number of carbonyl (C=O) groups is 2. The lowest BCUT2D eigenvalue weighted by Gasteiger charge is -2.32. The van der Waals surface area contributed by atoms with E-state index in [-0.39, 0.29) is 35.2 Å². The van der Waals surface area contributed by atoms with Gasteiger partial charge in [-0.15, -0.1) is 0 Å². The van der Waals surface area contributed by atoms with E-state index in [9.17, 15) is 14.7 Å². The first-order valence-electron chi connectivity index (χ1n) is 14.1. The zero-order valence-corrected chi connectivity index (χ0v) is 24.3. The van der Waals surface area contributed by atoms with Crippen LogP contribution in [0.2, 0.25) is 5.02 Å². The highest BCUT2D eigenvalue weighted by Gasteiger charge is 2.21. The van der Waals surface area contributed by atoms with Crippen LogP contribution in [0.3, 0.4) is 0 Å². The second-order valence-electron chi connectivity index (χ2n) is 10.6. The third-order valence-electron chi connectivity index (χ3n) is 7.44. The van der Waals surface area contributed by atoms with E-state index in [0.29, 0.717) is 17.9 Å². The zero-order valence-electron chi connectivity index (χ0n) is 23.6. The first-order chi connectivity index (χ1) is 20.4. The van der Waals surface area contributed by atoms with Gasteiger partial charge in [-0.3, -0.25) is 19.9 Å². The molecule has 4 aromatic rings. The van der Waals surface area contributed by atoms with Crippen molar-refractivity contribution in [2.24, 2.45) is 0 Å². The number of hydrogen-bond donors (Lipinski definition) is 3. The Kier molecular flexibility index (Phi) is 9.59. The van der Waals surface area contributed by atoms with E-state index in [0.717, 1.165) is 48.8 Å². The molecule has 1 saturated heterocycles. The van der Waals surface area contributed by atoms with Gasteiger partial charge in [-0.05, 0) is 53.6 Å². The van der Waals surface area contributed by atoms with E-state index < -0.39 is 0 Å². The van der Waals surface area contributed by atoms with Gasteiger partial charge in [0.2, 0.25) is 0 Å². The third kappa shape index (κ3) is 7.59. The summed E-state index contributed by atoms with van der Waals surface area (Å²) in [6, 6.07) is 26.6. The van der Waals surface area contributed by atoms with Crippen LogP contribution in [0.25, 0.3) is 10.8 Å². The normalized spacial score (nSPS) is 14.2. The number of hydrazine groups is 1. The summed E-state index contributed by atoms with van der Waals surface area (Å²) in [6.45, 7) is 3.21. The van der Waals surface area contributed by atoms with Crippen molar-refractivity contribution in [2.75, 3.05) is 26.7 Å². The van der Waals surface area contributed by atoms with E-state index >= 15 is 0 Å². The molecule has 4 aromatic carbocycles. The Morgan fingerprint density at radius 1 is 0.976 bits per heavy atom. The second kappa shape index (κ2) is 13.7. The first-order valence-corrected chi connectivity index (χ1v) is 14.4. The topological polar surface area (TPSA) is 94.1 Å². The lowest BCUT2D eigenvalue weighted by atomic mass is 10.0. The van der Waals surface area contributed by atoms with Crippen molar-refractivity contribution in [3.63, 3.8) is 0 Å². The number of nitrogens with one attached hydrogen (secondary N) is 2. The number of halogens is 1. The highest BCUT2D eigenvalue weighted by Crippen LogP contribution is 2.29. The Hall–Kier alpha value is -4.11. The summed E-state index contributed by atoms with van der Waals surface area (Å²) in [6.07, 6.45) is 1.83. The molecule has 2 amide bonds. The number of phenolic OH excluding ortho intramolecular Hbond substituents is 1. The molecule has 0 radical (unpaired) electrons. The van der Waals surface area contributed by atoms with Gasteiger partial charge in [-0.1, -0.05) is 72.3 Å². The number of likely N-dealkylation sites (tertiary alicyclic amines) is 1. The average molecular weight is 587 g/mol. The minimum absolute atomic E-state index is 0.0568. The number of nitrogens with zero attached hydrogens (tertiary/aromatic N) is 2. The van der Waals surface area contributed by atoms with Crippen LogP contribution in [0, 0.1) is 0 Å². The number of phenols is 1. The molecule has 0 spiro atoms. The van der Waals surface area contributed by atoms with Crippen LogP contribution in [0.1, 0.15) is 34.3 Å². The Morgan fingerprint density at radius 2 is 1.69 bits per heavy atom. The maximum Gasteiger partial charge on any atom is 0.265 e. The number of piperidine rings is 1. The van der Waals surface area contributed by atoms with Crippen LogP contribution in [0.15, 0.2) is 84.9 Å². The minimum Gasteiger partial charge on any atom is -0.506 e. The van der Waals surface area contributed by atoms with Gasteiger partial charge in [-0.25, -0.2) is 5.01 Å². The summed E-state index contributed by atoms with van der Waals surface area (Å²) in [5, 5.41) is 16.4. The van der Waals surface area contributed by atoms with Crippen LogP contribution in [-0.2, 0) is 17.9 Å². The molecule has 1 aliphatic rings. The third-order valence-corrected chi connectivity index (χ3v) is 7.75. The van der Waals surface area contributed by atoms with Crippen molar-refractivity contribution in [1.29, 1.82) is 0 Å². The molecule has 3 N–H and O–H groups in total. The Bertz CT molecular complexity index is 1540. The van der Waals surface area contributed by atoms with Gasteiger partial charge in [0.25, 0.3) is 11.8 Å². The van der Waals surface area contributed by atoms with Crippen LogP contribution in [0.4, 0.5) is 0 Å². The molecule has 0 aromatic heterocycles. The summed E-state index contributed by atoms with van der Waals surface area (Å²) < 4.78 is 5.99. The summed E-state index contributed by atoms with van der Waals surface area (Å²) in [4.78, 5) is 27.8. The number of amides is 2. The number of carbonyl (C=O) groups excluding carboxylic acids is 2. The smallest absolute Gasteiger partial charge is 0.265 e. The van der Waals surface area contributed by atoms with Crippen molar-refractivity contribution in [3.8, 4) is 11.5 Å². The summed E-state index contributed by atoms with van der Waals surface area (Å²) in [5.74, 6) is 0.0956. The summed E-state index contributed by atoms with van der Waals surface area (Å²) in [7, 11) is 1.77. The fourth-order valence-corrected chi connectivity index (χ4v) is 5.45. The van der Waals surface area contributed by atoms with E-state index in [1.165, 1.54) is 23.8 Å². The molecular formula is C33H35ClN4O4. The predicted molar refractivity (Wildman–Crippen MR) is 164 cm³/mol. The van der Waals surface area contributed by atoms with Crippen LogP contribution in [-0.4, -0.2) is 59.6 Å². The SMILES string of the molecule is CN(Cc1ccc(OCC(=O)NC2CCN(Cc3ccccc3)CC2)c2ccccc12)NC(=O)c1ccc(O)c(Cl)c1. The molecule has 1 fully saturated rings. The Morgan fingerprint density at radius 3 is 2.43 bits per heavy atom. The summed E-state index contributed by atoms with van der Waals surface area (Å²) in [5.41, 5.74) is 5.46. The van der Waals surface area contributed by atoms with Crippen LogP contribution in [0.5, 0.6) is 11.5 Å². The van der Waals surface area contributed by atoms with Gasteiger partial charge in [0, 0.05) is 50.2 Å². The maximum atomic E-state index is 12.7. The van der Waals surface area contributed by atoms with Gasteiger partial charge in [0.1, 0.15) is 11.5 Å². The lowest BCUT2D eigenvalue weighted by Crippen LogP contribution is -2.45. The molecule has 0 atom stereocenters. The molecule has 0 unspecified atom stereocenters. The monoisotopic (exact) mass is 586 g/mol. The molecule has 9 heteroatoms. The molecule has 0 bridgehead atoms. The van der Waals surface area contributed by atoms with E-state index in [4.69, 9.17) is 16.3 Å². The number of hydrogen-bond acceptors (Lipinski definition) is 6. The van der Waals surface area contributed by atoms with Crippen molar-refractivity contribution in [3.05, 3.63) is 107 Å². The van der Waals surface area contributed by atoms with Crippen molar-refractivity contribution >= 4 is 34.2 Å². The van der Waals surface area contributed by atoms with E-state index in [2.05, 4.69) is 39.9 Å². The minimum atomic E-state index is -0.337. The summed E-state index contributed by atoms with van der Waals surface area (Å²) >= 11 is 5.95. The lowest BCUT2D eigenvalue weighted by molar-refractivity contribution is -0.124. The fraction of sp³-hybridized carbons (Fsp3) is 0.273. The first kappa shape index (κ1) is 29.4. The largest absolute Gasteiger partial charge is 0.506 e. The van der Waals surface area contributed by atoms with Gasteiger partial charge in [-0.2, -0.15) is 0 Å².